The summed E-state index contributed by atoms with van der Waals surface area (Å²) in [4.78, 5) is 14.3. The maximum absolute atomic E-state index is 13.0. The summed E-state index contributed by atoms with van der Waals surface area (Å²) in [5.74, 6) is -1.10. The van der Waals surface area contributed by atoms with Gasteiger partial charge >= 0.3 is 0 Å². The van der Waals surface area contributed by atoms with E-state index in [2.05, 4.69) is 9.71 Å². The largest absolute Gasteiger partial charge is 0.384 e. The van der Waals surface area contributed by atoms with Gasteiger partial charge in [-0.25, -0.2) is 0 Å². The number of nitrogens with one attached hydrogen (secondary N) is 2. The van der Waals surface area contributed by atoms with Crippen LogP contribution in [0.15, 0.2) is 51.8 Å². The molecule has 11 heteroatoms. The van der Waals surface area contributed by atoms with Gasteiger partial charge in [0.2, 0.25) is 0 Å². The highest BCUT2D eigenvalue weighted by atomic mass is 32.2. The van der Waals surface area contributed by atoms with Crippen molar-refractivity contribution in [3.05, 3.63) is 53.6 Å². The minimum absolute atomic E-state index is 0.160. The first kappa shape index (κ1) is 21.0. The van der Waals surface area contributed by atoms with E-state index in [9.17, 15) is 18.3 Å². The van der Waals surface area contributed by atoms with Gasteiger partial charge in [-0.05, 0) is 37.3 Å². The van der Waals surface area contributed by atoms with Crippen LogP contribution in [0.1, 0.15) is 11.1 Å². The Bertz CT molecular complexity index is 1190. The predicted molar refractivity (Wildman–Crippen MR) is 115 cm³/mol. The van der Waals surface area contributed by atoms with Crippen LogP contribution in [0.2, 0.25) is 0 Å². The lowest BCUT2D eigenvalue weighted by Gasteiger charge is -2.35. The topological polar surface area (TPSA) is 158 Å². The van der Waals surface area contributed by atoms with Gasteiger partial charge in [-0.1, -0.05) is 17.7 Å². The molecular formula is C20H21N5O5S. The molecule has 0 aliphatic carbocycles. The van der Waals surface area contributed by atoms with Gasteiger partial charge in [-0.3, -0.25) is 10.2 Å². The molecule has 1 saturated heterocycles. The number of benzene rings is 2. The van der Waals surface area contributed by atoms with E-state index in [1.165, 1.54) is 23.1 Å². The maximum Gasteiger partial charge on any atom is 0.286 e. The molecule has 2 aromatic rings. The maximum atomic E-state index is 13.0. The first-order valence-electron chi connectivity index (χ1n) is 9.45. The number of hydrogen-bond acceptors (Lipinski definition) is 7. The summed E-state index contributed by atoms with van der Waals surface area (Å²) < 4.78 is 34.4. The van der Waals surface area contributed by atoms with E-state index < -0.39 is 28.1 Å². The van der Waals surface area contributed by atoms with E-state index in [4.69, 9.17) is 15.9 Å². The number of aliphatic hydroxyl groups is 1. The first-order chi connectivity index (χ1) is 14.7. The van der Waals surface area contributed by atoms with Crippen molar-refractivity contribution in [2.75, 3.05) is 23.4 Å². The van der Waals surface area contributed by atoms with Crippen LogP contribution >= 0.6 is 0 Å². The lowest BCUT2D eigenvalue weighted by atomic mass is 10.1. The number of aliphatic hydroxyl groups excluding tert-OH is 1. The third-order valence-corrected chi connectivity index (χ3v) is 6.42. The third-order valence-electron chi connectivity index (χ3n) is 5.09. The van der Waals surface area contributed by atoms with Crippen molar-refractivity contribution >= 4 is 39.0 Å². The molecule has 10 nitrogen and oxygen atoms in total. The molecule has 31 heavy (non-hydrogen) atoms. The highest BCUT2D eigenvalue weighted by molar-refractivity contribution is 7.90. The van der Waals surface area contributed by atoms with E-state index in [1.807, 2.05) is 19.1 Å². The molecule has 0 bridgehead atoms. The van der Waals surface area contributed by atoms with Crippen LogP contribution in [-0.4, -0.2) is 56.5 Å². The molecule has 2 aliphatic heterocycles. The molecule has 2 aliphatic rings. The van der Waals surface area contributed by atoms with Crippen molar-refractivity contribution in [3.63, 3.8) is 0 Å². The Morgan fingerprint density at radius 2 is 2.03 bits per heavy atom. The molecule has 1 amide bonds. The molecule has 2 atom stereocenters. The highest BCUT2D eigenvalue weighted by Crippen LogP contribution is 2.30. The van der Waals surface area contributed by atoms with E-state index >= 15 is 0 Å². The summed E-state index contributed by atoms with van der Waals surface area (Å²) >= 11 is 0. The number of anilines is 2. The fourth-order valence-corrected chi connectivity index (χ4v) is 4.61. The number of amides is 1. The van der Waals surface area contributed by atoms with Crippen LogP contribution < -0.4 is 16.0 Å². The molecule has 0 unspecified atom stereocenters. The van der Waals surface area contributed by atoms with Crippen molar-refractivity contribution < 1.29 is 23.1 Å². The number of carbonyl (C=O) groups is 1. The van der Waals surface area contributed by atoms with Crippen molar-refractivity contribution in [3.8, 4) is 0 Å². The van der Waals surface area contributed by atoms with Crippen LogP contribution in [0.3, 0.4) is 0 Å². The van der Waals surface area contributed by atoms with Crippen LogP contribution in [0.5, 0.6) is 0 Å². The molecule has 0 aromatic heterocycles. The molecule has 5 N–H and O–H groups in total. The van der Waals surface area contributed by atoms with Gasteiger partial charge in [-0.2, -0.15) is 8.42 Å². The van der Waals surface area contributed by atoms with Crippen molar-refractivity contribution in [1.29, 1.82) is 5.41 Å². The summed E-state index contributed by atoms with van der Waals surface area (Å²) in [5.41, 5.74) is 7.51. The Kier molecular flexibility index (Phi) is 5.25. The summed E-state index contributed by atoms with van der Waals surface area (Å²) in [6.07, 6.45) is -2.95. The minimum Gasteiger partial charge on any atom is -0.384 e. The number of fused-ring (bicyclic) bond motifs is 1. The van der Waals surface area contributed by atoms with Crippen LogP contribution in [0, 0.1) is 12.3 Å². The zero-order valence-corrected chi connectivity index (χ0v) is 17.4. The standard InChI is InChI=1S/C20H21N5O5S/c1-11-2-5-13(6-3-11)25-8-9-30-17(20(25)27)16(26)19-23-14-7-4-12(18(21)22)10-15(14)31(28,29)24-19/h2-7,10,16-17,26H,8-9H2,1H3,(H3,21,22)(H,23,24)/t16-,17-/m1/s1. The van der Waals surface area contributed by atoms with Crippen LogP contribution in [0.4, 0.5) is 11.4 Å². The van der Waals surface area contributed by atoms with E-state index in [-0.39, 0.29) is 34.4 Å². The van der Waals surface area contributed by atoms with Gasteiger partial charge in [0.1, 0.15) is 16.8 Å². The SMILES string of the molecule is Cc1ccc(N2CCO[C@H]([C@@H](O)C3=NS(=O)(=O)c4cc(C(=N)N)ccc4N3)C2=O)cc1. The summed E-state index contributed by atoms with van der Waals surface area (Å²) in [5, 5.41) is 21.0. The molecule has 162 valence electrons. The van der Waals surface area contributed by atoms with Crippen LogP contribution in [0.25, 0.3) is 0 Å². The van der Waals surface area contributed by atoms with E-state index in [0.29, 0.717) is 12.2 Å². The quantitative estimate of drug-likeness (QED) is 0.397. The normalized spacial score (nSPS) is 21.0. The monoisotopic (exact) mass is 443 g/mol. The Hall–Kier alpha value is -3.28. The summed E-state index contributed by atoms with van der Waals surface area (Å²) in [6.45, 7) is 2.40. The second-order valence-electron chi connectivity index (χ2n) is 7.26. The number of ether oxygens (including phenoxy) is 1. The molecule has 0 radical (unpaired) electrons. The number of nitrogen functional groups attached to an aromatic ring is 1. The zero-order valence-electron chi connectivity index (χ0n) is 16.6. The van der Waals surface area contributed by atoms with Gasteiger partial charge in [0.25, 0.3) is 15.9 Å². The van der Waals surface area contributed by atoms with Crippen molar-refractivity contribution in [1.82, 2.24) is 0 Å². The Balaban J connectivity index is 1.62. The number of morpholine rings is 1. The average Bonchev–Trinajstić information content (AvgIpc) is 2.73. The summed E-state index contributed by atoms with van der Waals surface area (Å²) in [7, 11) is -4.19. The number of hydrogen-bond donors (Lipinski definition) is 4. The Morgan fingerprint density at radius 1 is 1.32 bits per heavy atom. The lowest BCUT2D eigenvalue weighted by Crippen LogP contribution is -2.56. The predicted octanol–water partition coefficient (Wildman–Crippen LogP) is 0.585. The van der Waals surface area contributed by atoms with Gasteiger partial charge in [-0.15, -0.1) is 4.40 Å². The fraction of sp³-hybridized carbons (Fsp3) is 0.250. The van der Waals surface area contributed by atoms with E-state index in [1.54, 1.807) is 12.1 Å². The van der Waals surface area contributed by atoms with Crippen molar-refractivity contribution in [2.45, 2.75) is 24.0 Å². The minimum atomic E-state index is -4.19. The van der Waals surface area contributed by atoms with Gasteiger partial charge in [0.15, 0.2) is 11.9 Å². The van der Waals surface area contributed by atoms with E-state index in [0.717, 1.165) is 5.56 Å². The molecule has 0 spiro atoms. The van der Waals surface area contributed by atoms with Crippen LogP contribution in [-0.2, 0) is 19.6 Å². The van der Waals surface area contributed by atoms with Crippen molar-refractivity contribution in [2.24, 2.45) is 10.1 Å². The molecule has 1 fully saturated rings. The second-order valence-corrected chi connectivity index (χ2v) is 8.84. The van der Waals surface area contributed by atoms with Gasteiger partial charge in [0, 0.05) is 17.8 Å². The van der Waals surface area contributed by atoms with Gasteiger partial charge < -0.3 is 25.8 Å². The number of aryl methyl sites for hydroxylation is 1. The van der Waals surface area contributed by atoms with Gasteiger partial charge in [0.05, 0.1) is 12.3 Å². The molecule has 2 aromatic carbocycles. The fourth-order valence-electron chi connectivity index (χ4n) is 3.43. The molecule has 0 saturated carbocycles. The molecular weight excluding hydrogens is 422 g/mol. The number of sulfonamides is 1. The molecule has 2 heterocycles. The highest BCUT2D eigenvalue weighted by Gasteiger charge is 2.40. The number of carbonyl (C=O) groups excluding carboxylic acids is 1. The first-order valence-corrected chi connectivity index (χ1v) is 10.9. The second kappa shape index (κ2) is 7.76. The smallest absolute Gasteiger partial charge is 0.286 e. The Labute approximate surface area is 178 Å². The number of nitrogens with two attached hydrogens (primary N) is 1. The molecule has 4 rings (SSSR count). The number of amidine groups is 2. The number of rotatable bonds is 4. The number of nitrogens with zero attached hydrogens (tertiary/aromatic N) is 2. The summed E-state index contributed by atoms with van der Waals surface area (Å²) in [6, 6.07) is 11.5. The average molecular weight is 443 g/mol. The zero-order chi connectivity index (χ0) is 22.3. The third kappa shape index (κ3) is 3.90. The lowest BCUT2D eigenvalue weighted by molar-refractivity contribution is -0.139. The Morgan fingerprint density at radius 3 is 2.71 bits per heavy atom.